The maximum absolute atomic E-state index is 14.1. The van der Waals surface area contributed by atoms with Gasteiger partial charge in [-0.25, -0.2) is 9.37 Å². The highest BCUT2D eigenvalue weighted by molar-refractivity contribution is 7.21. The highest BCUT2D eigenvalue weighted by Crippen LogP contribution is 2.38. The maximum atomic E-state index is 14.1. The fourth-order valence-corrected chi connectivity index (χ4v) is 3.01. The van der Waals surface area contributed by atoms with Gasteiger partial charge in [0.25, 0.3) is 0 Å². The van der Waals surface area contributed by atoms with Crippen LogP contribution in [0.1, 0.15) is 5.56 Å². The Morgan fingerprint density at radius 3 is 2.57 bits per heavy atom. The summed E-state index contributed by atoms with van der Waals surface area (Å²) in [6, 6.07) is 8.10. The lowest BCUT2D eigenvalue weighted by Gasteiger charge is -2.09. The third kappa shape index (κ3) is 2.44. The quantitative estimate of drug-likeness (QED) is 0.522. The molecule has 0 fully saturated rings. The SMILES string of the molecule is Nc1ccc2nc(-c3cccc(C(F)(F)F)c3F)sc2c1. The molecule has 0 saturated carbocycles. The second kappa shape index (κ2) is 4.70. The molecule has 2 N–H and O–H groups in total. The highest BCUT2D eigenvalue weighted by Gasteiger charge is 2.35. The summed E-state index contributed by atoms with van der Waals surface area (Å²) in [6.07, 6.45) is -4.73. The van der Waals surface area contributed by atoms with E-state index in [1.54, 1.807) is 18.2 Å². The Hall–Kier alpha value is -2.15. The van der Waals surface area contributed by atoms with Gasteiger partial charge >= 0.3 is 6.18 Å². The van der Waals surface area contributed by atoms with Gasteiger partial charge in [0, 0.05) is 11.3 Å². The summed E-state index contributed by atoms with van der Waals surface area (Å²) in [6.45, 7) is 0. The molecule has 21 heavy (non-hydrogen) atoms. The molecule has 1 heterocycles. The molecule has 0 bridgehead atoms. The number of anilines is 1. The molecule has 0 amide bonds. The molecular formula is C14H8F4N2S. The number of nitrogens with zero attached hydrogens (tertiary/aromatic N) is 1. The van der Waals surface area contributed by atoms with Crippen molar-refractivity contribution in [3.63, 3.8) is 0 Å². The zero-order valence-electron chi connectivity index (χ0n) is 10.4. The lowest BCUT2D eigenvalue weighted by atomic mass is 10.1. The number of nitrogen functional groups attached to an aromatic ring is 1. The fourth-order valence-electron chi connectivity index (χ4n) is 1.97. The fraction of sp³-hybridized carbons (Fsp3) is 0.0714. The Morgan fingerprint density at radius 1 is 1.10 bits per heavy atom. The number of hydrogen-bond donors (Lipinski definition) is 1. The van der Waals surface area contributed by atoms with Gasteiger partial charge in [-0.15, -0.1) is 11.3 Å². The number of benzene rings is 2. The molecule has 0 aliphatic rings. The summed E-state index contributed by atoms with van der Waals surface area (Å²) in [5, 5.41) is 0.194. The third-order valence-corrected chi connectivity index (χ3v) is 4.00. The molecule has 108 valence electrons. The summed E-state index contributed by atoms with van der Waals surface area (Å²) in [5.74, 6) is -1.31. The van der Waals surface area contributed by atoms with Crippen molar-refractivity contribution in [1.29, 1.82) is 0 Å². The predicted molar refractivity (Wildman–Crippen MR) is 74.4 cm³/mol. The first-order valence-electron chi connectivity index (χ1n) is 5.88. The first-order chi connectivity index (χ1) is 9.86. The molecule has 0 atom stereocenters. The Bertz CT molecular complexity index is 823. The third-order valence-electron chi connectivity index (χ3n) is 2.95. The summed E-state index contributed by atoms with van der Waals surface area (Å²) in [7, 11) is 0. The van der Waals surface area contributed by atoms with E-state index in [1.165, 1.54) is 12.1 Å². The normalized spacial score (nSPS) is 12.0. The molecule has 3 rings (SSSR count). The average Bonchev–Trinajstić information content (AvgIpc) is 2.80. The van der Waals surface area contributed by atoms with Crippen LogP contribution in [0.3, 0.4) is 0 Å². The first-order valence-corrected chi connectivity index (χ1v) is 6.70. The number of fused-ring (bicyclic) bond motifs is 1. The molecule has 0 unspecified atom stereocenters. The summed E-state index contributed by atoms with van der Waals surface area (Å²) >= 11 is 1.10. The van der Waals surface area contributed by atoms with Crippen molar-refractivity contribution < 1.29 is 17.6 Å². The molecule has 3 aromatic rings. The molecule has 0 aliphatic carbocycles. The van der Waals surface area contributed by atoms with E-state index in [9.17, 15) is 17.6 Å². The van der Waals surface area contributed by atoms with Gasteiger partial charge in [-0.05, 0) is 30.3 Å². The number of aromatic nitrogens is 1. The van der Waals surface area contributed by atoms with Crippen LogP contribution >= 0.6 is 11.3 Å². The topological polar surface area (TPSA) is 38.9 Å². The van der Waals surface area contributed by atoms with Crippen LogP contribution in [-0.4, -0.2) is 4.98 Å². The lowest BCUT2D eigenvalue weighted by molar-refractivity contribution is -0.139. The molecular weight excluding hydrogens is 304 g/mol. The number of alkyl halides is 3. The summed E-state index contributed by atoms with van der Waals surface area (Å²) in [4.78, 5) is 4.16. The van der Waals surface area contributed by atoms with Crippen molar-refractivity contribution >= 4 is 27.2 Å². The molecule has 0 saturated heterocycles. The molecule has 0 spiro atoms. The first kappa shape index (κ1) is 13.8. The van der Waals surface area contributed by atoms with Crippen LogP contribution in [0.15, 0.2) is 36.4 Å². The van der Waals surface area contributed by atoms with Crippen LogP contribution in [0.25, 0.3) is 20.8 Å². The minimum absolute atomic E-state index is 0.162. The summed E-state index contributed by atoms with van der Waals surface area (Å²) < 4.78 is 53.0. The van der Waals surface area contributed by atoms with E-state index in [0.717, 1.165) is 11.3 Å². The van der Waals surface area contributed by atoms with Gasteiger partial charge in [0.05, 0.1) is 15.8 Å². The van der Waals surface area contributed by atoms with E-state index in [-0.39, 0.29) is 10.6 Å². The molecule has 0 aliphatic heterocycles. The average molecular weight is 312 g/mol. The molecule has 0 radical (unpaired) electrons. The number of halogens is 4. The Morgan fingerprint density at radius 2 is 1.86 bits per heavy atom. The smallest absolute Gasteiger partial charge is 0.399 e. The number of thiazole rings is 1. The van der Waals surface area contributed by atoms with Crippen molar-refractivity contribution in [2.75, 3.05) is 5.73 Å². The van der Waals surface area contributed by atoms with Crippen LogP contribution in [0, 0.1) is 5.82 Å². The van der Waals surface area contributed by atoms with Gasteiger partial charge in [0.15, 0.2) is 0 Å². The minimum Gasteiger partial charge on any atom is -0.399 e. The van der Waals surface area contributed by atoms with Crippen LogP contribution < -0.4 is 5.73 Å². The van der Waals surface area contributed by atoms with Gasteiger partial charge < -0.3 is 5.73 Å². The van der Waals surface area contributed by atoms with Crippen molar-refractivity contribution in [2.45, 2.75) is 6.18 Å². The van der Waals surface area contributed by atoms with E-state index >= 15 is 0 Å². The van der Waals surface area contributed by atoms with Gasteiger partial charge in [0.2, 0.25) is 0 Å². The van der Waals surface area contributed by atoms with Crippen LogP contribution in [0.5, 0.6) is 0 Å². The Labute approximate surface area is 120 Å². The summed E-state index contributed by atoms with van der Waals surface area (Å²) in [5.41, 5.74) is 5.27. The second-order valence-electron chi connectivity index (χ2n) is 4.41. The number of rotatable bonds is 1. The van der Waals surface area contributed by atoms with Gasteiger partial charge in [0.1, 0.15) is 10.8 Å². The standard InChI is InChI=1S/C14H8F4N2S/c15-12-8(2-1-3-9(12)14(16,17)18)13-20-10-5-4-7(19)6-11(10)21-13/h1-6H,19H2. The van der Waals surface area contributed by atoms with Crippen molar-refractivity contribution in [3.05, 3.63) is 47.8 Å². The van der Waals surface area contributed by atoms with Crippen LogP contribution in [0.4, 0.5) is 23.2 Å². The van der Waals surface area contributed by atoms with Gasteiger partial charge in [-0.1, -0.05) is 6.07 Å². The number of hydrogen-bond acceptors (Lipinski definition) is 3. The van der Waals surface area contributed by atoms with Gasteiger partial charge in [-0.2, -0.15) is 13.2 Å². The van der Waals surface area contributed by atoms with E-state index < -0.39 is 17.6 Å². The zero-order chi connectivity index (χ0) is 15.2. The molecule has 2 aromatic carbocycles. The van der Waals surface area contributed by atoms with Crippen LogP contribution in [0.2, 0.25) is 0 Å². The monoisotopic (exact) mass is 312 g/mol. The lowest BCUT2D eigenvalue weighted by Crippen LogP contribution is -2.08. The van der Waals surface area contributed by atoms with Crippen LogP contribution in [-0.2, 0) is 6.18 Å². The Kier molecular flexibility index (Phi) is 3.09. The Balaban J connectivity index is 2.19. The minimum atomic E-state index is -4.73. The van der Waals surface area contributed by atoms with E-state index in [1.807, 2.05) is 0 Å². The maximum Gasteiger partial charge on any atom is 0.419 e. The largest absolute Gasteiger partial charge is 0.419 e. The molecule has 1 aromatic heterocycles. The van der Waals surface area contributed by atoms with Crippen molar-refractivity contribution in [2.24, 2.45) is 0 Å². The van der Waals surface area contributed by atoms with E-state index in [0.29, 0.717) is 22.0 Å². The molecule has 7 heteroatoms. The van der Waals surface area contributed by atoms with Crippen molar-refractivity contribution in [3.8, 4) is 10.6 Å². The molecule has 2 nitrogen and oxygen atoms in total. The van der Waals surface area contributed by atoms with Crippen molar-refractivity contribution in [1.82, 2.24) is 4.98 Å². The second-order valence-corrected chi connectivity index (χ2v) is 5.44. The van der Waals surface area contributed by atoms with E-state index in [2.05, 4.69) is 4.98 Å². The van der Waals surface area contributed by atoms with E-state index in [4.69, 9.17) is 5.73 Å². The number of nitrogens with two attached hydrogens (primary N) is 1. The highest BCUT2D eigenvalue weighted by atomic mass is 32.1. The predicted octanol–water partition coefficient (Wildman–Crippen LogP) is 4.70. The van der Waals surface area contributed by atoms with Gasteiger partial charge in [-0.3, -0.25) is 0 Å². The zero-order valence-corrected chi connectivity index (χ0v) is 11.2.